The van der Waals surface area contributed by atoms with E-state index in [0.717, 1.165) is 0 Å². The second-order valence-corrected chi connectivity index (χ2v) is 2.71. The number of nitrogens with one attached hydrogen (secondary N) is 1. The minimum absolute atomic E-state index is 0.166. The molecular weight excluding hydrogens is 199 g/mol. The third kappa shape index (κ3) is 3.29. The van der Waals surface area contributed by atoms with Crippen molar-refractivity contribution >= 4 is 11.7 Å². The van der Waals surface area contributed by atoms with Gasteiger partial charge in [0.2, 0.25) is 0 Å². The second-order valence-electron chi connectivity index (χ2n) is 2.71. The van der Waals surface area contributed by atoms with Crippen LogP contribution in [0.1, 0.15) is 12.0 Å². The van der Waals surface area contributed by atoms with Gasteiger partial charge in [-0.2, -0.15) is 0 Å². The first-order chi connectivity index (χ1) is 7.13. The molecule has 0 saturated heterocycles. The number of hydrazine groups is 1. The highest BCUT2D eigenvalue weighted by atomic mass is 19.1. The number of halogens is 1. The maximum Gasteiger partial charge on any atom is 0.315 e. The molecule has 0 saturated carbocycles. The third-order valence-electron chi connectivity index (χ3n) is 1.60. The Morgan fingerprint density at radius 1 is 1.60 bits per heavy atom. The van der Waals surface area contributed by atoms with Crippen molar-refractivity contribution in [2.24, 2.45) is 5.84 Å². The Morgan fingerprint density at radius 3 is 2.87 bits per heavy atom. The van der Waals surface area contributed by atoms with Gasteiger partial charge in [0, 0.05) is 5.56 Å². The van der Waals surface area contributed by atoms with Gasteiger partial charge in [-0.25, -0.2) is 4.39 Å². The van der Waals surface area contributed by atoms with E-state index in [1.165, 1.54) is 12.1 Å². The molecular formula is C10H9FN2O2. The zero-order chi connectivity index (χ0) is 11.3. The molecule has 0 fully saturated rings. The SMILES string of the molecule is NNc1ccc(C#CCC(=O)O)cc1F. The second kappa shape index (κ2) is 4.98. The largest absolute Gasteiger partial charge is 0.481 e. The smallest absolute Gasteiger partial charge is 0.315 e. The molecule has 0 spiro atoms. The number of hydrogen-bond donors (Lipinski definition) is 3. The monoisotopic (exact) mass is 208 g/mol. The summed E-state index contributed by atoms with van der Waals surface area (Å²) in [7, 11) is 0. The fraction of sp³-hybridized carbons (Fsp3) is 0.100. The van der Waals surface area contributed by atoms with Crippen LogP contribution in [0.25, 0.3) is 0 Å². The van der Waals surface area contributed by atoms with Gasteiger partial charge in [0.15, 0.2) is 0 Å². The average Bonchev–Trinajstić information content (AvgIpc) is 2.17. The van der Waals surface area contributed by atoms with Crippen LogP contribution in [0.5, 0.6) is 0 Å². The maximum atomic E-state index is 13.1. The first-order valence-electron chi connectivity index (χ1n) is 4.10. The maximum absolute atomic E-state index is 13.1. The van der Waals surface area contributed by atoms with E-state index in [4.69, 9.17) is 10.9 Å². The molecule has 0 heterocycles. The summed E-state index contributed by atoms with van der Waals surface area (Å²) in [5.74, 6) is 8.42. The minimum Gasteiger partial charge on any atom is -0.481 e. The normalized spacial score (nSPS) is 8.93. The summed E-state index contributed by atoms with van der Waals surface area (Å²) < 4.78 is 13.1. The van der Waals surface area contributed by atoms with E-state index in [9.17, 15) is 9.18 Å². The lowest BCUT2D eigenvalue weighted by Crippen LogP contribution is -2.08. The average molecular weight is 208 g/mol. The van der Waals surface area contributed by atoms with Crippen LogP contribution in [0.15, 0.2) is 18.2 Å². The molecule has 5 heteroatoms. The number of nitrogen functional groups attached to an aromatic ring is 1. The van der Waals surface area contributed by atoms with Crippen LogP contribution in [0.4, 0.5) is 10.1 Å². The van der Waals surface area contributed by atoms with Gasteiger partial charge in [0.25, 0.3) is 0 Å². The first-order valence-corrected chi connectivity index (χ1v) is 4.10. The highest BCUT2D eigenvalue weighted by molar-refractivity contribution is 5.70. The van der Waals surface area contributed by atoms with Crippen LogP contribution < -0.4 is 11.3 Å². The fourth-order valence-electron chi connectivity index (χ4n) is 0.932. The zero-order valence-electron chi connectivity index (χ0n) is 7.75. The van der Waals surface area contributed by atoms with Crippen molar-refractivity contribution in [3.8, 4) is 11.8 Å². The number of nitrogens with two attached hydrogens (primary N) is 1. The number of anilines is 1. The number of carboxylic acids is 1. The molecule has 1 aromatic carbocycles. The first kappa shape index (κ1) is 11.0. The van der Waals surface area contributed by atoms with Gasteiger partial charge < -0.3 is 10.5 Å². The van der Waals surface area contributed by atoms with E-state index in [0.29, 0.717) is 5.56 Å². The lowest BCUT2D eigenvalue weighted by molar-refractivity contribution is -0.135. The predicted octanol–water partition coefficient (Wildman–Crippen LogP) is 0.938. The number of hydrogen-bond acceptors (Lipinski definition) is 3. The summed E-state index contributed by atoms with van der Waals surface area (Å²) in [6.45, 7) is 0. The Balaban J connectivity index is 2.82. The summed E-state index contributed by atoms with van der Waals surface area (Å²) in [6, 6.07) is 4.16. The Labute approximate surface area is 85.9 Å². The standard InChI is InChI=1S/C10H9FN2O2/c11-8-6-7(2-1-3-10(14)15)4-5-9(8)13-12/h4-6,13H,3,12H2,(H,14,15). The van der Waals surface area contributed by atoms with Crippen LogP contribution in [0.2, 0.25) is 0 Å². The summed E-state index contributed by atoms with van der Waals surface area (Å²) >= 11 is 0. The number of carbonyl (C=O) groups is 1. The molecule has 15 heavy (non-hydrogen) atoms. The molecule has 78 valence electrons. The third-order valence-corrected chi connectivity index (χ3v) is 1.60. The molecule has 0 radical (unpaired) electrons. The molecule has 0 atom stereocenters. The fourth-order valence-corrected chi connectivity index (χ4v) is 0.932. The van der Waals surface area contributed by atoms with E-state index < -0.39 is 11.8 Å². The molecule has 4 nitrogen and oxygen atoms in total. The Bertz CT molecular complexity index is 435. The van der Waals surface area contributed by atoms with Crippen LogP contribution in [-0.2, 0) is 4.79 Å². The van der Waals surface area contributed by atoms with Crippen LogP contribution in [0, 0.1) is 17.7 Å². The van der Waals surface area contributed by atoms with Gasteiger partial charge >= 0.3 is 5.97 Å². The van der Waals surface area contributed by atoms with Crippen molar-refractivity contribution < 1.29 is 14.3 Å². The quantitative estimate of drug-likeness (QED) is 0.384. The lowest BCUT2D eigenvalue weighted by Gasteiger charge is -2.00. The molecule has 0 aliphatic carbocycles. The topological polar surface area (TPSA) is 75.3 Å². The minimum atomic E-state index is -1.01. The highest BCUT2D eigenvalue weighted by Crippen LogP contribution is 2.13. The van der Waals surface area contributed by atoms with Crippen molar-refractivity contribution in [1.82, 2.24) is 0 Å². The summed E-state index contributed by atoms with van der Waals surface area (Å²) in [5.41, 5.74) is 2.75. The summed E-state index contributed by atoms with van der Waals surface area (Å²) in [6.07, 6.45) is -0.265. The molecule has 1 aromatic rings. The van der Waals surface area contributed by atoms with E-state index in [1.54, 1.807) is 6.07 Å². The molecule has 0 aromatic heterocycles. The molecule has 4 N–H and O–H groups in total. The molecule has 0 aliphatic rings. The molecule has 0 unspecified atom stereocenters. The van der Waals surface area contributed by atoms with Crippen molar-refractivity contribution in [1.29, 1.82) is 0 Å². The van der Waals surface area contributed by atoms with Gasteiger partial charge in [-0.1, -0.05) is 11.8 Å². The van der Waals surface area contributed by atoms with Crippen LogP contribution >= 0.6 is 0 Å². The van der Waals surface area contributed by atoms with E-state index in [-0.39, 0.29) is 12.1 Å². The summed E-state index contributed by atoms with van der Waals surface area (Å²) in [4.78, 5) is 10.2. The van der Waals surface area contributed by atoms with E-state index in [1.807, 2.05) is 0 Å². The van der Waals surface area contributed by atoms with Crippen molar-refractivity contribution in [2.75, 3.05) is 5.43 Å². The van der Waals surface area contributed by atoms with Gasteiger partial charge in [0.1, 0.15) is 12.2 Å². The Kier molecular flexibility index (Phi) is 3.66. The van der Waals surface area contributed by atoms with Crippen LogP contribution in [-0.4, -0.2) is 11.1 Å². The number of rotatable bonds is 2. The van der Waals surface area contributed by atoms with Crippen molar-refractivity contribution in [3.63, 3.8) is 0 Å². The number of benzene rings is 1. The lowest BCUT2D eigenvalue weighted by atomic mass is 10.2. The predicted molar refractivity (Wildman–Crippen MR) is 53.3 cm³/mol. The molecule has 0 bridgehead atoms. The van der Waals surface area contributed by atoms with Gasteiger partial charge in [0.05, 0.1) is 5.69 Å². The number of aliphatic carboxylic acids is 1. The molecule has 0 aliphatic heterocycles. The van der Waals surface area contributed by atoms with Gasteiger partial charge in [-0.05, 0) is 18.2 Å². The van der Waals surface area contributed by atoms with Gasteiger partial charge in [-0.15, -0.1) is 0 Å². The molecule has 0 amide bonds. The van der Waals surface area contributed by atoms with E-state index in [2.05, 4.69) is 17.3 Å². The Hall–Kier alpha value is -2.06. The van der Waals surface area contributed by atoms with Crippen LogP contribution in [0.3, 0.4) is 0 Å². The van der Waals surface area contributed by atoms with Gasteiger partial charge in [-0.3, -0.25) is 10.6 Å². The highest BCUT2D eigenvalue weighted by Gasteiger charge is 1.99. The van der Waals surface area contributed by atoms with E-state index >= 15 is 0 Å². The zero-order valence-corrected chi connectivity index (χ0v) is 7.75. The van der Waals surface area contributed by atoms with Crippen molar-refractivity contribution in [2.45, 2.75) is 6.42 Å². The van der Waals surface area contributed by atoms with Crippen molar-refractivity contribution in [3.05, 3.63) is 29.6 Å². The summed E-state index contributed by atoms with van der Waals surface area (Å²) in [5, 5.41) is 8.33. The number of carboxylic acid groups (broad SMARTS) is 1. The Morgan fingerprint density at radius 2 is 2.33 bits per heavy atom. The molecule has 1 rings (SSSR count).